The van der Waals surface area contributed by atoms with Crippen LogP contribution in [0.15, 0.2) is 0 Å². The largest absolute Gasteiger partial charge is 0.260 e. The van der Waals surface area contributed by atoms with Crippen molar-refractivity contribution in [1.29, 1.82) is 0 Å². The summed E-state index contributed by atoms with van der Waals surface area (Å²) in [5.41, 5.74) is 0. The lowest BCUT2D eigenvalue weighted by Gasteiger charge is -1.84. The number of hydrogen-bond acceptors (Lipinski definition) is 1. The van der Waals surface area contributed by atoms with Gasteiger partial charge in [-0.25, -0.2) is 0 Å². The van der Waals surface area contributed by atoms with E-state index in [4.69, 9.17) is 0 Å². The molecule has 46 valence electrons. The van der Waals surface area contributed by atoms with Gasteiger partial charge in [-0.2, -0.15) is 13.5 Å². The molecule has 0 amide bonds. The first kappa shape index (κ1) is 10.5. The van der Waals surface area contributed by atoms with Crippen LogP contribution in [0.1, 0.15) is 13.8 Å². The molecule has 0 aliphatic heterocycles. The monoisotopic (exact) mass is 140 g/mol. The Hall–Kier alpha value is 0.500. The molecule has 0 aliphatic carbocycles. The molecule has 0 radical (unpaired) electrons. The second kappa shape index (κ2) is 6.50. The lowest BCUT2D eigenvalue weighted by Crippen LogP contribution is -1.93. The standard InChI is InChI=1S/C4H10OS.H2S/c1-3-6(5)4-2;/h3-4H2,1-2H3;1H2. The van der Waals surface area contributed by atoms with E-state index in [0.717, 1.165) is 11.5 Å². The summed E-state index contributed by atoms with van der Waals surface area (Å²) in [5, 5.41) is 0. The molecule has 0 N–H and O–H groups in total. The zero-order chi connectivity index (χ0) is 4.99. The van der Waals surface area contributed by atoms with Gasteiger partial charge in [0, 0.05) is 22.3 Å². The Kier molecular flexibility index (Phi) is 9.73. The fraction of sp³-hybridized carbons (Fsp3) is 1.00. The average molecular weight is 140 g/mol. The maximum atomic E-state index is 10.3. The first-order valence-corrected chi connectivity index (χ1v) is 3.65. The number of hydrogen-bond donors (Lipinski definition) is 0. The predicted molar refractivity (Wildman–Crippen MR) is 39.6 cm³/mol. The second-order valence-corrected chi connectivity index (χ2v) is 3.05. The molecule has 3 heteroatoms. The second-order valence-electron chi connectivity index (χ2n) is 1.02. The van der Waals surface area contributed by atoms with Gasteiger partial charge in [0.25, 0.3) is 0 Å². The molecule has 0 bridgehead atoms. The molecule has 0 spiro atoms. The molecule has 0 rings (SSSR count). The highest BCUT2D eigenvalue weighted by Gasteiger charge is 1.83. The van der Waals surface area contributed by atoms with Crippen LogP contribution in [-0.2, 0) is 10.8 Å². The summed E-state index contributed by atoms with van der Waals surface area (Å²) in [4.78, 5) is 0. The Morgan fingerprint density at radius 3 is 1.57 bits per heavy atom. The lowest BCUT2D eigenvalue weighted by molar-refractivity contribution is 0.684. The Morgan fingerprint density at radius 2 is 1.57 bits per heavy atom. The van der Waals surface area contributed by atoms with E-state index in [1.807, 2.05) is 13.8 Å². The van der Waals surface area contributed by atoms with Crippen molar-refractivity contribution in [3.05, 3.63) is 0 Å². The van der Waals surface area contributed by atoms with Crippen molar-refractivity contribution >= 4 is 24.3 Å². The van der Waals surface area contributed by atoms with Crippen LogP contribution >= 0.6 is 13.5 Å². The number of rotatable bonds is 2. The minimum atomic E-state index is -0.534. The van der Waals surface area contributed by atoms with Gasteiger partial charge in [-0.3, -0.25) is 4.21 Å². The van der Waals surface area contributed by atoms with Gasteiger partial charge in [-0.1, -0.05) is 13.8 Å². The summed E-state index contributed by atoms with van der Waals surface area (Å²) in [6.07, 6.45) is 0. The Bertz CT molecular complexity index is 47.7. The molecule has 0 heterocycles. The summed E-state index contributed by atoms with van der Waals surface area (Å²) >= 11 is 0. The molecule has 0 unspecified atom stereocenters. The molecule has 7 heavy (non-hydrogen) atoms. The quantitative estimate of drug-likeness (QED) is 0.556. The highest BCUT2D eigenvalue weighted by molar-refractivity contribution is 7.84. The molecule has 0 aromatic carbocycles. The van der Waals surface area contributed by atoms with Crippen molar-refractivity contribution in [2.75, 3.05) is 11.5 Å². The molecule has 1 nitrogen and oxygen atoms in total. The van der Waals surface area contributed by atoms with Crippen molar-refractivity contribution in [1.82, 2.24) is 0 Å². The van der Waals surface area contributed by atoms with Crippen LogP contribution in [0.25, 0.3) is 0 Å². The fourth-order valence-electron chi connectivity index (χ4n) is 0.204. The van der Waals surface area contributed by atoms with Crippen molar-refractivity contribution < 1.29 is 4.21 Å². The summed E-state index contributed by atoms with van der Waals surface area (Å²) in [6.45, 7) is 3.86. The first-order chi connectivity index (χ1) is 2.81. The van der Waals surface area contributed by atoms with Crippen molar-refractivity contribution in [2.24, 2.45) is 0 Å². The van der Waals surface area contributed by atoms with Gasteiger partial charge >= 0.3 is 0 Å². The van der Waals surface area contributed by atoms with E-state index in [0.29, 0.717) is 0 Å². The summed E-state index contributed by atoms with van der Waals surface area (Å²) in [6, 6.07) is 0. The van der Waals surface area contributed by atoms with E-state index in [1.165, 1.54) is 0 Å². The zero-order valence-electron chi connectivity index (χ0n) is 4.73. The molecule has 0 aliphatic rings. The van der Waals surface area contributed by atoms with Gasteiger partial charge in [-0.15, -0.1) is 0 Å². The predicted octanol–water partition coefficient (Wildman–Crippen LogP) is 0.888. The zero-order valence-corrected chi connectivity index (χ0v) is 6.55. The third-order valence-electron chi connectivity index (χ3n) is 0.644. The third kappa shape index (κ3) is 6.50. The van der Waals surface area contributed by atoms with E-state index in [1.54, 1.807) is 0 Å². The van der Waals surface area contributed by atoms with Gasteiger partial charge in [0.15, 0.2) is 0 Å². The lowest BCUT2D eigenvalue weighted by atomic mass is 11.0. The SMILES string of the molecule is CCS(=O)CC.S. The van der Waals surface area contributed by atoms with E-state index < -0.39 is 10.8 Å². The van der Waals surface area contributed by atoms with Crippen molar-refractivity contribution in [3.8, 4) is 0 Å². The highest BCUT2D eigenvalue weighted by atomic mass is 32.2. The maximum Gasteiger partial charge on any atom is 0.0206 e. The molecule has 0 fully saturated rings. The van der Waals surface area contributed by atoms with E-state index in [2.05, 4.69) is 0 Å². The van der Waals surface area contributed by atoms with Gasteiger partial charge in [0.1, 0.15) is 0 Å². The Labute approximate surface area is 54.4 Å². The third-order valence-corrected chi connectivity index (χ3v) is 1.93. The Balaban J connectivity index is 0. The summed E-state index contributed by atoms with van der Waals surface area (Å²) in [7, 11) is -0.534. The van der Waals surface area contributed by atoms with E-state index >= 15 is 0 Å². The van der Waals surface area contributed by atoms with Crippen LogP contribution < -0.4 is 0 Å². The summed E-state index contributed by atoms with van der Waals surface area (Å²) < 4.78 is 10.3. The van der Waals surface area contributed by atoms with Crippen LogP contribution in [0.3, 0.4) is 0 Å². The highest BCUT2D eigenvalue weighted by Crippen LogP contribution is 1.75. The van der Waals surface area contributed by atoms with Gasteiger partial charge in [-0.05, 0) is 0 Å². The van der Waals surface area contributed by atoms with Crippen molar-refractivity contribution in [2.45, 2.75) is 13.8 Å². The topological polar surface area (TPSA) is 17.1 Å². The molecule has 0 atom stereocenters. The minimum Gasteiger partial charge on any atom is -0.260 e. The van der Waals surface area contributed by atoms with E-state index in [-0.39, 0.29) is 13.5 Å². The van der Waals surface area contributed by atoms with Crippen LogP contribution in [0.2, 0.25) is 0 Å². The van der Waals surface area contributed by atoms with Crippen LogP contribution in [0.4, 0.5) is 0 Å². The Morgan fingerprint density at radius 1 is 1.29 bits per heavy atom. The van der Waals surface area contributed by atoms with Gasteiger partial charge in [0.2, 0.25) is 0 Å². The molecule has 0 saturated carbocycles. The molecular weight excluding hydrogens is 128 g/mol. The maximum absolute atomic E-state index is 10.3. The van der Waals surface area contributed by atoms with Crippen LogP contribution in [0, 0.1) is 0 Å². The van der Waals surface area contributed by atoms with E-state index in [9.17, 15) is 4.21 Å². The summed E-state index contributed by atoms with van der Waals surface area (Å²) in [5.74, 6) is 1.60. The van der Waals surface area contributed by atoms with Crippen molar-refractivity contribution in [3.63, 3.8) is 0 Å². The van der Waals surface area contributed by atoms with Crippen LogP contribution in [0.5, 0.6) is 0 Å². The first-order valence-electron chi connectivity index (χ1n) is 2.16. The van der Waals surface area contributed by atoms with Gasteiger partial charge < -0.3 is 0 Å². The smallest absolute Gasteiger partial charge is 0.0206 e. The molecular formula is C4H12OS2. The minimum absolute atomic E-state index is 0. The molecule has 0 aromatic heterocycles. The molecule has 0 saturated heterocycles. The fourth-order valence-corrected chi connectivity index (χ4v) is 0.612. The molecule has 0 aromatic rings. The normalized spacial score (nSPS) is 8.43. The van der Waals surface area contributed by atoms with Crippen LogP contribution in [-0.4, -0.2) is 15.7 Å². The van der Waals surface area contributed by atoms with Gasteiger partial charge in [0.05, 0.1) is 0 Å². The average Bonchev–Trinajstić information content (AvgIpc) is 1.65.